The second kappa shape index (κ2) is 9.44. The normalized spacial score (nSPS) is 12.9. The van der Waals surface area contributed by atoms with Crippen molar-refractivity contribution in [3.63, 3.8) is 0 Å². The summed E-state index contributed by atoms with van der Waals surface area (Å²) in [5.41, 5.74) is 1.39. The lowest BCUT2D eigenvalue weighted by atomic mass is 10.0. The molecule has 0 amide bonds. The minimum absolute atomic E-state index is 0.647. The monoisotopic (exact) mass is 279 g/mol. The molecule has 1 unspecified atom stereocenters. The van der Waals surface area contributed by atoms with Gasteiger partial charge in [-0.25, -0.2) is 0 Å². The molecule has 2 heteroatoms. The highest BCUT2D eigenvalue weighted by molar-refractivity contribution is 7.99. The first kappa shape index (κ1) is 16.6. The molecule has 0 fully saturated rings. The maximum absolute atomic E-state index is 3.63. The number of nitrogens with one attached hydrogen (secondary N) is 1. The van der Waals surface area contributed by atoms with Crippen LogP contribution < -0.4 is 5.32 Å². The molecule has 0 heterocycles. The largest absolute Gasteiger partial charge is 0.313 e. The molecule has 0 aliphatic carbocycles. The molecule has 0 bridgehead atoms. The molecule has 0 aliphatic rings. The highest BCUT2D eigenvalue weighted by atomic mass is 32.2. The summed E-state index contributed by atoms with van der Waals surface area (Å²) < 4.78 is 0. The Morgan fingerprint density at radius 2 is 1.89 bits per heavy atom. The topological polar surface area (TPSA) is 12.0 Å². The first-order chi connectivity index (χ1) is 9.13. The Hall–Kier alpha value is -0.470. The lowest BCUT2D eigenvalue weighted by Crippen LogP contribution is -2.31. The third-order valence-corrected chi connectivity index (χ3v) is 4.70. The fraction of sp³-hybridized carbons (Fsp3) is 0.647. The fourth-order valence-corrected chi connectivity index (χ4v) is 3.35. The Kier molecular flexibility index (Phi) is 8.24. The van der Waals surface area contributed by atoms with Crippen LogP contribution in [0, 0.1) is 12.8 Å². The summed E-state index contributed by atoms with van der Waals surface area (Å²) in [5.74, 6) is 2.00. The van der Waals surface area contributed by atoms with Crippen LogP contribution >= 0.6 is 11.8 Å². The van der Waals surface area contributed by atoms with Gasteiger partial charge >= 0.3 is 0 Å². The van der Waals surface area contributed by atoms with Gasteiger partial charge in [0.2, 0.25) is 0 Å². The maximum Gasteiger partial charge on any atom is 0.0161 e. The van der Waals surface area contributed by atoms with Crippen molar-refractivity contribution in [3.8, 4) is 0 Å². The van der Waals surface area contributed by atoms with Crippen molar-refractivity contribution >= 4 is 11.8 Å². The molecule has 1 rings (SSSR count). The first-order valence-electron chi connectivity index (χ1n) is 7.55. The SMILES string of the molecule is CCNC(CCCC(C)C)CSc1ccccc1C. The van der Waals surface area contributed by atoms with Gasteiger partial charge in [-0.15, -0.1) is 11.8 Å². The van der Waals surface area contributed by atoms with Crippen LogP contribution in [0.4, 0.5) is 0 Å². The Morgan fingerprint density at radius 1 is 1.16 bits per heavy atom. The molecule has 1 N–H and O–H groups in total. The molecule has 0 saturated heterocycles. The van der Waals surface area contributed by atoms with E-state index in [2.05, 4.69) is 57.3 Å². The second-order valence-corrected chi connectivity index (χ2v) is 6.72. The summed E-state index contributed by atoms with van der Waals surface area (Å²) in [5, 5.41) is 3.63. The summed E-state index contributed by atoms with van der Waals surface area (Å²) in [7, 11) is 0. The van der Waals surface area contributed by atoms with Gasteiger partial charge < -0.3 is 5.32 Å². The summed E-state index contributed by atoms with van der Waals surface area (Å²) in [6, 6.07) is 9.33. The molecule has 1 aromatic rings. The van der Waals surface area contributed by atoms with Crippen LogP contribution in [-0.4, -0.2) is 18.3 Å². The molecule has 1 aromatic carbocycles. The number of thioether (sulfide) groups is 1. The van der Waals surface area contributed by atoms with Gasteiger partial charge in [-0.2, -0.15) is 0 Å². The maximum atomic E-state index is 3.63. The smallest absolute Gasteiger partial charge is 0.0161 e. The van der Waals surface area contributed by atoms with Gasteiger partial charge in [-0.05, 0) is 37.4 Å². The van der Waals surface area contributed by atoms with Crippen LogP contribution in [0.1, 0.15) is 45.6 Å². The highest BCUT2D eigenvalue weighted by Crippen LogP contribution is 2.23. The van der Waals surface area contributed by atoms with Gasteiger partial charge in [0.15, 0.2) is 0 Å². The molecule has 0 radical (unpaired) electrons. The van der Waals surface area contributed by atoms with E-state index in [1.54, 1.807) is 0 Å². The van der Waals surface area contributed by atoms with E-state index in [1.807, 2.05) is 11.8 Å². The Bertz CT molecular complexity index is 349. The van der Waals surface area contributed by atoms with Gasteiger partial charge in [-0.3, -0.25) is 0 Å². The summed E-state index contributed by atoms with van der Waals surface area (Å²) in [4.78, 5) is 1.43. The van der Waals surface area contributed by atoms with E-state index in [0.717, 1.165) is 12.5 Å². The van der Waals surface area contributed by atoms with Gasteiger partial charge in [0, 0.05) is 16.7 Å². The van der Waals surface area contributed by atoms with E-state index in [0.29, 0.717) is 6.04 Å². The van der Waals surface area contributed by atoms with E-state index in [9.17, 15) is 0 Å². The van der Waals surface area contributed by atoms with Gasteiger partial charge in [0.05, 0.1) is 0 Å². The second-order valence-electron chi connectivity index (χ2n) is 5.66. The zero-order chi connectivity index (χ0) is 14.1. The zero-order valence-corrected chi connectivity index (χ0v) is 13.7. The van der Waals surface area contributed by atoms with Crippen molar-refractivity contribution < 1.29 is 0 Å². The summed E-state index contributed by atoms with van der Waals surface area (Å²) in [6.45, 7) is 10.1. The highest BCUT2D eigenvalue weighted by Gasteiger charge is 2.09. The average molecular weight is 279 g/mol. The molecule has 1 atom stereocenters. The predicted octanol–water partition coefficient (Wildman–Crippen LogP) is 4.89. The third kappa shape index (κ3) is 7.03. The van der Waals surface area contributed by atoms with Crippen molar-refractivity contribution in [2.45, 2.75) is 57.9 Å². The molecule has 1 nitrogen and oxygen atoms in total. The predicted molar refractivity (Wildman–Crippen MR) is 88.1 cm³/mol. The van der Waals surface area contributed by atoms with Crippen molar-refractivity contribution in [2.75, 3.05) is 12.3 Å². The number of benzene rings is 1. The number of aryl methyl sites for hydroxylation is 1. The van der Waals surface area contributed by atoms with Crippen molar-refractivity contribution in [1.82, 2.24) is 5.32 Å². The standard InChI is InChI=1S/C17H29NS/c1-5-18-16(11-8-9-14(2)3)13-19-17-12-7-6-10-15(17)4/h6-7,10,12,14,16,18H,5,8-9,11,13H2,1-4H3. The van der Waals surface area contributed by atoms with Crippen LogP contribution in [0.3, 0.4) is 0 Å². The minimum Gasteiger partial charge on any atom is -0.313 e. The number of hydrogen-bond acceptors (Lipinski definition) is 2. The number of hydrogen-bond donors (Lipinski definition) is 1. The van der Waals surface area contributed by atoms with Crippen molar-refractivity contribution in [1.29, 1.82) is 0 Å². The van der Waals surface area contributed by atoms with Crippen LogP contribution in [0.5, 0.6) is 0 Å². The lowest BCUT2D eigenvalue weighted by Gasteiger charge is -2.18. The van der Waals surface area contributed by atoms with Crippen LogP contribution in [-0.2, 0) is 0 Å². The molecule has 19 heavy (non-hydrogen) atoms. The molecule has 0 saturated carbocycles. The van der Waals surface area contributed by atoms with E-state index >= 15 is 0 Å². The molecule has 0 aliphatic heterocycles. The quantitative estimate of drug-likeness (QED) is 0.646. The molecular weight excluding hydrogens is 250 g/mol. The minimum atomic E-state index is 0.647. The van der Waals surface area contributed by atoms with Crippen LogP contribution in [0.15, 0.2) is 29.2 Å². The Balaban J connectivity index is 2.38. The number of rotatable bonds is 9. The Labute approximate surface area is 123 Å². The molecular formula is C17H29NS. The van der Waals surface area contributed by atoms with Crippen molar-refractivity contribution in [3.05, 3.63) is 29.8 Å². The van der Waals surface area contributed by atoms with E-state index < -0.39 is 0 Å². The third-order valence-electron chi connectivity index (χ3n) is 3.36. The van der Waals surface area contributed by atoms with Crippen molar-refractivity contribution in [2.24, 2.45) is 5.92 Å². The average Bonchev–Trinajstić information content (AvgIpc) is 2.37. The zero-order valence-electron chi connectivity index (χ0n) is 12.9. The van der Waals surface area contributed by atoms with E-state index in [-0.39, 0.29) is 0 Å². The van der Waals surface area contributed by atoms with Crippen LogP contribution in [0.25, 0.3) is 0 Å². The molecule has 0 spiro atoms. The first-order valence-corrected chi connectivity index (χ1v) is 8.53. The molecule has 108 valence electrons. The van der Waals surface area contributed by atoms with Crippen LogP contribution in [0.2, 0.25) is 0 Å². The van der Waals surface area contributed by atoms with Gasteiger partial charge in [-0.1, -0.05) is 51.8 Å². The van der Waals surface area contributed by atoms with Gasteiger partial charge in [0.25, 0.3) is 0 Å². The lowest BCUT2D eigenvalue weighted by molar-refractivity contribution is 0.469. The molecule has 0 aromatic heterocycles. The fourth-order valence-electron chi connectivity index (χ4n) is 2.21. The van der Waals surface area contributed by atoms with Gasteiger partial charge in [0.1, 0.15) is 0 Å². The Morgan fingerprint density at radius 3 is 2.53 bits per heavy atom. The van der Waals surface area contributed by atoms with E-state index in [4.69, 9.17) is 0 Å². The van der Waals surface area contributed by atoms with E-state index in [1.165, 1.54) is 35.5 Å². The summed E-state index contributed by atoms with van der Waals surface area (Å²) in [6.07, 6.45) is 3.98. The summed E-state index contributed by atoms with van der Waals surface area (Å²) >= 11 is 1.99.